The van der Waals surface area contributed by atoms with Gasteiger partial charge in [-0.2, -0.15) is 0 Å². The molecule has 0 bridgehead atoms. The first kappa shape index (κ1) is 35.0. The van der Waals surface area contributed by atoms with Crippen LogP contribution >= 0.6 is 0 Å². The van der Waals surface area contributed by atoms with Crippen molar-refractivity contribution in [3.8, 4) is 33.4 Å². The molecule has 0 saturated heterocycles. The van der Waals surface area contributed by atoms with E-state index < -0.39 is 5.41 Å². The minimum atomic E-state index is -0.452. The molecule has 0 radical (unpaired) electrons. The van der Waals surface area contributed by atoms with Gasteiger partial charge in [0.2, 0.25) is 0 Å². The molecule has 276 valence electrons. The van der Waals surface area contributed by atoms with E-state index in [1.165, 1.54) is 72.3 Å². The molecule has 1 atom stereocenters. The first-order chi connectivity index (χ1) is 27.7. The number of hydrogen-bond acceptors (Lipinski definition) is 1. The van der Waals surface area contributed by atoms with E-state index in [1.54, 1.807) is 0 Å². The lowest BCUT2D eigenvalue weighted by molar-refractivity contribution is 0.561. The van der Waals surface area contributed by atoms with Crippen molar-refractivity contribution < 1.29 is 0 Å². The van der Waals surface area contributed by atoms with Crippen LogP contribution in [0.3, 0.4) is 0 Å². The van der Waals surface area contributed by atoms with Crippen LogP contribution in [-0.2, 0) is 16.2 Å². The average Bonchev–Trinajstić information content (AvgIpc) is 3.55. The molecule has 0 N–H and O–H groups in total. The van der Waals surface area contributed by atoms with Crippen molar-refractivity contribution in [1.29, 1.82) is 0 Å². The van der Waals surface area contributed by atoms with Gasteiger partial charge in [-0.1, -0.05) is 192 Å². The Kier molecular flexibility index (Phi) is 8.03. The number of rotatable bonds is 5. The molecule has 0 saturated carbocycles. The maximum atomic E-state index is 2.50. The summed E-state index contributed by atoms with van der Waals surface area (Å²) in [7, 11) is 0. The van der Waals surface area contributed by atoms with Crippen LogP contribution in [0.2, 0.25) is 0 Å². The van der Waals surface area contributed by atoms with Gasteiger partial charge in [-0.3, -0.25) is 0 Å². The number of fused-ring (bicyclic) bond motifs is 9. The van der Waals surface area contributed by atoms with Crippen molar-refractivity contribution in [2.75, 3.05) is 4.90 Å². The normalized spacial score (nSPS) is 16.0. The molecule has 0 aromatic heterocycles. The minimum absolute atomic E-state index is 0.0171. The van der Waals surface area contributed by atoms with E-state index in [4.69, 9.17) is 0 Å². The van der Waals surface area contributed by atoms with Crippen LogP contribution in [0.1, 0.15) is 73.6 Å². The molecule has 2 aliphatic rings. The third kappa shape index (κ3) is 5.36. The first-order valence-electron chi connectivity index (χ1n) is 20.3. The van der Waals surface area contributed by atoms with Crippen molar-refractivity contribution in [3.05, 3.63) is 233 Å². The Morgan fingerprint density at radius 2 is 0.825 bits per heavy atom. The highest BCUT2D eigenvalue weighted by molar-refractivity contribution is 5.91. The Hall–Kier alpha value is -6.44. The van der Waals surface area contributed by atoms with Crippen LogP contribution in [-0.4, -0.2) is 0 Å². The molecule has 1 unspecified atom stereocenters. The summed E-state index contributed by atoms with van der Waals surface area (Å²) in [5.74, 6) is 0. The molecule has 10 rings (SSSR count). The summed E-state index contributed by atoms with van der Waals surface area (Å²) >= 11 is 0. The predicted octanol–water partition coefficient (Wildman–Crippen LogP) is 14.8. The summed E-state index contributed by atoms with van der Waals surface area (Å²) in [5.41, 5.74) is 19.9. The maximum absolute atomic E-state index is 2.50. The van der Waals surface area contributed by atoms with Gasteiger partial charge in [-0.25, -0.2) is 0 Å². The lowest BCUT2D eigenvalue weighted by atomic mass is 9.55. The Morgan fingerprint density at radius 1 is 0.368 bits per heavy atom. The molecular formula is C56H47N. The van der Waals surface area contributed by atoms with Gasteiger partial charge in [0.15, 0.2) is 0 Å². The number of benzene rings is 8. The molecule has 57 heavy (non-hydrogen) atoms. The van der Waals surface area contributed by atoms with Gasteiger partial charge < -0.3 is 4.90 Å². The smallest absolute Gasteiger partial charge is 0.0719 e. The van der Waals surface area contributed by atoms with Gasteiger partial charge in [0, 0.05) is 22.5 Å². The van der Waals surface area contributed by atoms with E-state index in [9.17, 15) is 0 Å². The fraction of sp³-hybridized carbons (Fsp3) is 0.143. The summed E-state index contributed by atoms with van der Waals surface area (Å²) < 4.78 is 0. The van der Waals surface area contributed by atoms with Crippen LogP contribution < -0.4 is 4.90 Å². The van der Waals surface area contributed by atoms with E-state index in [1.807, 2.05) is 0 Å². The Labute approximate surface area is 337 Å². The number of hydrogen-bond donors (Lipinski definition) is 0. The summed E-state index contributed by atoms with van der Waals surface area (Å²) in [6, 6.07) is 72.2. The van der Waals surface area contributed by atoms with E-state index in [-0.39, 0.29) is 10.8 Å². The van der Waals surface area contributed by atoms with Crippen molar-refractivity contribution >= 4 is 17.1 Å². The Balaban J connectivity index is 1.21. The van der Waals surface area contributed by atoms with E-state index in [2.05, 4.69) is 234 Å². The topological polar surface area (TPSA) is 3.24 Å². The van der Waals surface area contributed by atoms with Gasteiger partial charge in [0.1, 0.15) is 0 Å². The fourth-order valence-electron chi connectivity index (χ4n) is 10.0. The molecule has 1 spiro atoms. The van der Waals surface area contributed by atoms with Crippen LogP contribution in [0.25, 0.3) is 33.4 Å². The summed E-state index contributed by atoms with van der Waals surface area (Å²) in [5, 5.41) is 0. The number of nitrogens with zero attached hydrogens (tertiary/aromatic N) is 1. The second-order valence-electron chi connectivity index (χ2n) is 17.3. The van der Waals surface area contributed by atoms with E-state index in [0.29, 0.717) is 0 Å². The second kappa shape index (κ2) is 13.1. The van der Waals surface area contributed by atoms with E-state index in [0.717, 1.165) is 17.1 Å². The highest BCUT2D eigenvalue weighted by Gasteiger charge is 2.54. The van der Waals surface area contributed by atoms with Crippen molar-refractivity contribution in [2.45, 2.75) is 50.9 Å². The molecular weight excluding hydrogens is 687 g/mol. The van der Waals surface area contributed by atoms with Crippen LogP contribution in [0.4, 0.5) is 17.1 Å². The van der Waals surface area contributed by atoms with Gasteiger partial charge >= 0.3 is 0 Å². The zero-order chi connectivity index (χ0) is 38.9. The SMILES string of the molecule is CC(C)(C)c1cccc2c1-c1ccccc1C21c2ccccc2C(C)(C)c2cc(N(c3ccc(-c4ccccc4)cc3)c3ccc(-c4ccccc4)cc3)ccc21. The zero-order valence-electron chi connectivity index (χ0n) is 33.4. The van der Waals surface area contributed by atoms with E-state index >= 15 is 0 Å². The van der Waals surface area contributed by atoms with Crippen LogP contribution in [0.5, 0.6) is 0 Å². The highest BCUT2D eigenvalue weighted by Crippen LogP contribution is 2.63. The number of anilines is 3. The molecule has 0 amide bonds. The first-order valence-corrected chi connectivity index (χ1v) is 20.3. The molecule has 0 fully saturated rings. The van der Waals surface area contributed by atoms with Crippen molar-refractivity contribution in [2.24, 2.45) is 0 Å². The Morgan fingerprint density at radius 3 is 1.40 bits per heavy atom. The van der Waals surface area contributed by atoms with Gasteiger partial charge in [-0.05, 0) is 114 Å². The van der Waals surface area contributed by atoms with Crippen LogP contribution in [0.15, 0.2) is 194 Å². The lowest BCUT2D eigenvalue weighted by Crippen LogP contribution is -2.40. The summed E-state index contributed by atoms with van der Waals surface area (Å²) in [6.45, 7) is 11.9. The molecule has 1 heteroatoms. The third-order valence-electron chi connectivity index (χ3n) is 12.7. The standard InChI is InChI=1S/C56H47N/c1-54(2,3)50-25-16-26-51-53(50)45-21-12-13-22-46(45)56(51)48-24-15-14-23-47(48)55(4,5)52-37-44(35-36-49(52)56)57(42-31-27-40(28-32-42)38-17-8-6-9-18-38)43-33-29-41(30-34-43)39-19-10-7-11-20-39/h6-37H,1-5H3. The van der Waals surface area contributed by atoms with Crippen LogP contribution in [0, 0.1) is 0 Å². The van der Waals surface area contributed by atoms with Crippen molar-refractivity contribution in [1.82, 2.24) is 0 Å². The molecule has 1 nitrogen and oxygen atoms in total. The molecule has 2 aliphatic carbocycles. The predicted molar refractivity (Wildman–Crippen MR) is 240 cm³/mol. The van der Waals surface area contributed by atoms with Crippen molar-refractivity contribution in [3.63, 3.8) is 0 Å². The molecule has 8 aromatic carbocycles. The lowest BCUT2D eigenvalue weighted by Gasteiger charge is -2.47. The van der Waals surface area contributed by atoms with Gasteiger partial charge in [0.05, 0.1) is 5.41 Å². The fourth-order valence-corrected chi connectivity index (χ4v) is 10.0. The highest BCUT2D eigenvalue weighted by atomic mass is 15.1. The average molecular weight is 734 g/mol. The van der Waals surface area contributed by atoms with Gasteiger partial charge in [0.25, 0.3) is 0 Å². The maximum Gasteiger partial charge on any atom is 0.0719 e. The largest absolute Gasteiger partial charge is 0.310 e. The molecule has 0 aliphatic heterocycles. The second-order valence-corrected chi connectivity index (χ2v) is 17.3. The summed E-state index contributed by atoms with van der Waals surface area (Å²) in [6.07, 6.45) is 0. The monoisotopic (exact) mass is 733 g/mol. The van der Waals surface area contributed by atoms with Gasteiger partial charge in [-0.15, -0.1) is 0 Å². The summed E-state index contributed by atoms with van der Waals surface area (Å²) in [4.78, 5) is 2.43. The molecule has 8 aromatic rings. The Bertz CT molecular complexity index is 2690. The molecule has 0 heterocycles. The quantitative estimate of drug-likeness (QED) is 0.170. The zero-order valence-corrected chi connectivity index (χ0v) is 33.4. The third-order valence-corrected chi connectivity index (χ3v) is 12.7. The minimum Gasteiger partial charge on any atom is -0.310 e.